The summed E-state index contributed by atoms with van der Waals surface area (Å²) < 4.78 is 12.8. The maximum absolute atomic E-state index is 12.8. The van der Waals surface area contributed by atoms with Gasteiger partial charge in [-0.2, -0.15) is 0 Å². The average Bonchev–Trinajstić information content (AvgIpc) is 3.08. The van der Waals surface area contributed by atoms with Crippen LogP contribution in [-0.4, -0.2) is 11.8 Å². The number of rotatable bonds is 4. The molecule has 4 nitrogen and oxygen atoms in total. The first-order valence-corrected chi connectivity index (χ1v) is 7.41. The Kier molecular flexibility index (Phi) is 3.90. The van der Waals surface area contributed by atoms with Gasteiger partial charge in [-0.15, -0.1) is 0 Å². The van der Waals surface area contributed by atoms with E-state index in [-0.39, 0.29) is 17.6 Å². The lowest BCUT2D eigenvalue weighted by Gasteiger charge is -2.19. The van der Waals surface area contributed by atoms with Crippen molar-refractivity contribution in [2.24, 2.45) is 28.6 Å². The monoisotopic (exact) mass is 290 g/mol. The molecule has 2 saturated carbocycles. The first-order valence-electron chi connectivity index (χ1n) is 7.41. The smallest absolute Gasteiger partial charge is 0.335 e. The summed E-state index contributed by atoms with van der Waals surface area (Å²) in [5, 5.41) is 3.65. The predicted octanol–water partition coefficient (Wildman–Crippen LogP) is 2.82. The molecule has 2 fully saturated rings. The van der Waals surface area contributed by atoms with Crippen LogP contribution in [0.5, 0.6) is 0 Å². The first kappa shape index (κ1) is 14.0. The number of nitrogens with two attached hydrogens (primary N) is 1. The van der Waals surface area contributed by atoms with Crippen molar-refractivity contribution < 1.29 is 14.0 Å². The number of fused-ring (bicyclic) bond motifs is 2. The van der Waals surface area contributed by atoms with E-state index in [1.165, 1.54) is 43.5 Å². The molecular formula is C16H19FN2O2. The second kappa shape index (κ2) is 5.84. The van der Waals surface area contributed by atoms with Crippen molar-refractivity contribution in [2.45, 2.75) is 32.1 Å². The van der Waals surface area contributed by atoms with E-state index < -0.39 is 0 Å². The van der Waals surface area contributed by atoms with E-state index in [1.807, 2.05) is 0 Å². The number of oxime groups is 1. The molecule has 1 aromatic carbocycles. The van der Waals surface area contributed by atoms with E-state index in [1.54, 1.807) is 0 Å². The fraction of sp³-hybridized carbons (Fsp3) is 0.500. The number of benzene rings is 1. The Labute approximate surface area is 123 Å². The summed E-state index contributed by atoms with van der Waals surface area (Å²) in [4.78, 5) is 16.7. The number of nitrogens with zero attached hydrogens (tertiary/aromatic N) is 1. The van der Waals surface area contributed by atoms with E-state index in [0.29, 0.717) is 23.8 Å². The van der Waals surface area contributed by atoms with Crippen LogP contribution in [0.15, 0.2) is 29.4 Å². The highest BCUT2D eigenvalue weighted by Gasteiger charge is 2.40. The zero-order chi connectivity index (χ0) is 14.8. The number of carbonyl (C=O) groups is 1. The third kappa shape index (κ3) is 3.23. The van der Waals surface area contributed by atoms with Crippen LogP contribution in [0, 0.1) is 23.6 Å². The molecule has 0 aliphatic heterocycles. The molecule has 3 rings (SSSR count). The van der Waals surface area contributed by atoms with Crippen molar-refractivity contribution in [1.82, 2.24) is 0 Å². The van der Waals surface area contributed by atoms with Gasteiger partial charge >= 0.3 is 5.97 Å². The maximum atomic E-state index is 12.8. The van der Waals surface area contributed by atoms with Crippen molar-refractivity contribution in [3.8, 4) is 0 Å². The van der Waals surface area contributed by atoms with Crippen molar-refractivity contribution in [3.05, 3.63) is 35.6 Å². The standard InChI is InChI=1S/C16H19FN2O2/c17-14-5-3-11(4-6-14)16(18)19-21-15(20)9-13-8-10-1-2-12(13)7-10/h3-6,10,12-13H,1-2,7-9H2,(H2,18,19). The Balaban J connectivity index is 1.53. The topological polar surface area (TPSA) is 64.7 Å². The van der Waals surface area contributed by atoms with Crippen molar-refractivity contribution in [2.75, 3.05) is 0 Å². The molecular weight excluding hydrogens is 271 g/mol. The summed E-state index contributed by atoms with van der Waals surface area (Å²) in [5.41, 5.74) is 6.24. The molecule has 0 radical (unpaired) electrons. The average molecular weight is 290 g/mol. The van der Waals surface area contributed by atoms with Crippen molar-refractivity contribution in [1.29, 1.82) is 0 Å². The summed E-state index contributed by atoms with van der Waals surface area (Å²) in [7, 11) is 0. The third-order valence-corrected chi connectivity index (χ3v) is 4.70. The summed E-state index contributed by atoms with van der Waals surface area (Å²) in [6, 6.07) is 5.57. The molecule has 2 aliphatic rings. The molecule has 3 atom stereocenters. The fourth-order valence-electron chi connectivity index (χ4n) is 3.65. The molecule has 5 heteroatoms. The lowest BCUT2D eigenvalue weighted by molar-refractivity contribution is -0.145. The van der Waals surface area contributed by atoms with Gasteiger partial charge in [-0.25, -0.2) is 9.18 Å². The SMILES string of the molecule is N/C(=N\OC(=O)CC1CC2CCC1C2)c1ccc(F)cc1. The van der Waals surface area contributed by atoms with Gasteiger partial charge in [0.2, 0.25) is 0 Å². The zero-order valence-corrected chi connectivity index (χ0v) is 11.8. The molecule has 0 saturated heterocycles. The lowest BCUT2D eigenvalue weighted by atomic mass is 9.86. The Morgan fingerprint density at radius 1 is 1.29 bits per heavy atom. The quantitative estimate of drug-likeness (QED) is 0.401. The summed E-state index contributed by atoms with van der Waals surface area (Å²) in [6.07, 6.45) is 5.37. The number of amidine groups is 1. The highest BCUT2D eigenvalue weighted by molar-refractivity contribution is 5.97. The Morgan fingerprint density at radius 3 is 2.67 bits per heavy atom. The summed E-state index contributed by atoms with van der Waals surface area (Å²) in [6.45, 7) is 0. The Bertz CT molecular complexity index is 556. The molecule has 21 heavy (non-hydrogen) atoms. The number of hydrogen-bond acceptors (Lipinski definition) is 3. The van der Waals surface area contributed by atoms with Crippen LogP contribution in [0.25, 0.3) is 0 Å². The fourth-order valence-corrected chi connectivity index (χ4v) is 3.65. The van der Waals surface area contributed by atoms with Gasteiger partial charge in [0.25, 0.3) is 0 Å². The van der Waals surface area contributed by atoms with Crippen LogP contribution in [-0.2, 0) is 9.63 Å². The van der Waals surface area contributed by atoms with Crippen LogP contribution in [0.3, 0.4) is 0 Å². The van der Waals surface area contributed by atoms with Gasteiger partial charge < -0.3 is 10.6 Å². The third-order valence-electron chi connectivity index (χ3n) is 4.70. The minimum atomic E-state index is -0.347. The second-order valence-electron chi connectivity index (χ2n) is 6.09. The largest absolute Gasteiger partial charge is 0.380 e. The van der Waals surface area contributed by atoms with Crippen LogP contribution < -0.4 is 5.73 Å². The van der Waals surface area contributed by atoms with E-state index in [4.69, 9.17) is 10.6 Å². The van der Waals surface area contributed by atoms with Crippen molar-refractivity contribution >= 4 is 11.8 Å². The molecule has 1 aromatic rings. The second-order valence-corrected chi connectivity index (χ2v) is 6.09. The Hall–Kier alpha value is -1.91. The molecule has 2 bridgehead atoms. The molecule has 0 heterocycles. The summed E-state index contributed by atoms with van der Waals surface area (Å²) in [5.74, 6) is 1.33. The van der Waals surface area contributed by atoms with Gasteiger partial charge in [-0.3, -0.25) is 0 Å². The van der Waals surface area contributed by atoms with Gasteiger partial charge in [0.05, 0.1) is 6.42 Å². The van der Waals surface area contributed by atoms with E-state index in [2.05, 4.69) is 5.16 Å². The highest BCUT2D eigenvalue weighted by Crippen LogP contribution is 2.49. The highest BCUT2D eigenvalue weighted by atomic mass is 19.1. The van der Waals surface area contributed by atoms with Crippen LogP contribution in [0.4, 0.5) is 4.39 Å². The zero-order valence-electron chi connectivity index (χ0n) is 11.8. The van der Waals surface area contributed by atoms with E-state index in [9.17, 15) is 9.18 Å². The van der Waals surface area contributed by atoms with Gasteiger partial charge in [0, 0.05) is 5.56 Å². The first-order chi connectivity index (χ1) is 10.1. The molecule has 0 amide bonds. The molecule has 0 aromatic heterocycles. The number of halogens is 1. The van der Waals surface area contributed by atoms with Gasteiger partial charge in [-0.1, -0.05) is 11.6 Å². The lowest BCUT2D eigenvalue weighted by Crippen LogP contribution is -2.18. The minimum absolute atomic E-state index is 0.0799. The van der Waals surface area contributed by atoms with Crippen molar-refractivity contribution in [3.63, 3.8) is 0 Å². The molecule has 2 N–H and O–H groups in total. The number of carbonyl (C=O) groups excluding carboxylic acids is 1. The van der Waals surface area contributed by atoms with Gasteiger partial charge in [-0.05, 0) is 61.3 Å². The van der Waals surface area contributed by atoms with Crippen LogP contribution in [0.1, 0.15) is 37.7 Å². The van der Waals surface area contributed by atoms with Crippen LogP contribution >= 0.6 is 0 Å². The number of hydrogen-bond donors (Lipinski definition) is 1. The molecule has 3 unspecified atom stereocenters. The predicted molar refractivity (Wildman–Crippen MR) is 76.8 cm³/mol. The van der Waals surface area contributed by atoms with E-state index in [0.717, 1.165) is 12.3 Å². The molecule has 0 spiro atoms. The summed E-state index contributed by atoms with van der Waals surface area (Å²) >= 11 is 0. The van der Waals surface area contributed by atoms with Gasteiger partial charge in [0.1, 0.15) is 5.82 Å². The molecule has 112 valence electrons. The van der Waals surface area contributed by atoms with Gasteiger partial charge in [0.15, 0.2) is 5.84 Å². The van der Waals surface area contributed by atoms with Crippen LogP contribution in [0.2, 0.25) is 0 Å². The normalized spacial score (nSPS) is 27.9. The maximum Gasteiger partial charge on any atom is 0.335 e. The molecule has 2 aliphatic carbocycles. The van der Waals surface area contributed by atoms with E-state index >= 15 is 0 Å². The minimum Gasteiger partial charge on any atom is -0.380 e. The Morgan fingerprint density at radius 2 is 2.05 bits per heavy atom.